The average Bonchev–Trinajstić information content (AvgIpc) is 2.31. The lowest BCUT2D eigenvalue weighted by Gasteiger charge is -2.10. The maximum absolute atomic E-state index is 11.5. The Kier molecular flexibility index (Phi) is 4.85. The van der Waals surface area contributed by atoms with Crippen LogP contribution in [0.25, 0.3) is 0 Å². The Morgan fingerprint density at radius 1 is 0.944 bits per heavy atom. The molecule has 0 fully saturated rings. The first kappa shape index (κ1) is 14.2. The zero-order chi connectivity index (χ0) is 13.7. The molecule has 0 aliphatic carbocycles. The van der Waals surface area contributed by atoms with Crippen LogP contribution in [0.15, 0.2) is 24.3 Å². The van der Waals surface area contributed by atoms with Crippen molar-refractivity contribution in [2.24, 2.45) is 11.7 Å². The molecule has 0 unspecified atom stereocenters. The predicted molar refractivity (Wildman–Crippen MR) is 72.2 cm³/mol. The highest BCUT2D eigenvalue weighted by molar-refractivity contribution is 5.95. The molecule has 5 nitrogen and oxygen atoms in total. The first-order chi connectivity index (χ1) is 8.40. The van der Waals surface area contributed by atoms with E-state index in [2.05, 4.69) is 10.6 Å². The third-order valence-electron chi connectivity index (χ3n) is 2.36. The summed E-state index contributed by atoms with van der Waals surface area (Å²) < 4.78 is 0. The Morgan fingerprint density at radius 2 is 1.33 bits per heavy atom. The molecule has 0 aromatic heterocycles. The first-order valence-corrected chi connectivity index (χ1v) is 5.87. The lowest BCUT2D eigenvalue weighted by molar-refractivity contribution is -0.119. The van der Waals surface area contributed by atoms with Gasteiger partial charge in [0.15, 0.2) is 0 Å². The van der Waals surface area contributed by atoms with Gasteiger partial charge in [0.1, 0.15) is 0 Å². The highest BCUT2D eigenvalue weighted by atomic mass is 16.2. The van der Waals surface area contributed by atoms with Crippen molar-refractivity contribution in [1.29, 1.82) is 0 Å². The maximum Gasteiger partial charge on any atom is 0.240 e. The molecule has 1 atom stereocenters. The fourth-order valence-corrected chi connectivity index (χ4v) is 1.18. The number of benzene rings is 1. The molecule has 2 amide bonds. The molecule has 1 aromatic rings. The summed E-state index contributed by atoms with van der Waals surface area (Å²) >= 11 is 0. The molecule has 0 bridgehead atoms. The molecule has 0 radical (unpaired) electrons. The van der Waals surface area contributed by atoms with Gasteiger partial charge in [0, 0.05) is 17.3 Å². The van der Waals surface area contributed by atoms with Crippen LogP contribution in [-0.2, 0) is 9.59 Å². The van der Waals surface area contributed by atoms with E-state index in [0.717, 1.165) is 0 Å². The van der Waals surface area contributed by atoms with Gasteiger partial charge >= 0.3 is 0 Å². The number of hydrogen-bond donors (Lipinski definition) is 3. The summed E-state index contributed by atoms with van der Waals surface area (Å²) in [6.45, 7) is 5.27. The number of amides is 2. The van der Waals surface area contributed by atoms with E-state index in [1.165, 1.54) is 0 Å². The molecule has 18 heavy (non-hydrogen) atoms. The molecule has 5 heteroatoms. The second-order valence-electron chi connectivity index (χ2n) is 4.50. The third kappa shape index (κ3) is 4.18. The second-order valence-corrected chi connectivity index (χ2v) is 4.50. The minimum absolute atomic E-state index is 0.0395. The van der Waals surface area contributed by atoms with Gasteiger partial charge in [-0.3, -0.25) is 9.59 Å². The van der Waals surface area contributed by atoms with Gasteiger partial charge < -0.3 is 16.4 Å². The fraction of sp³-hybridized carbons (Fsp3) is 0.385. The van der Waals surface area contributed by atoms with Crippen molar-refractivity contribution in [3.8, 4) is 0 Å². The Hall–Kier alpha value is -1.88. The van der Waals surface area contributed by atoms with Crippen molar-refractivity contribution < 1.29 is 9.59 Å². The lowest BCUT2D eigenvalue weighted by atomic mass is 10.2. The Bertz CT molecular complexity index is 383. The largest absolute Gasteiger partial charge is 0.326 e. The zero-order valence-corrected chi connectivity index (χ0v) is 10.9. The Balaban J connectivity index is 2.63. The molecule has 0 spiro atoms. The summed E-state index contributed by atoms with van der Waals surface area (Å²) in [5.74, 6) is -0.348. The van der Waals surface area contributed by atoms with Crippen molar-refractivity contribution in [2.75, 3.05) is 10.6 Å². The number of anilines is 2. The van der Waals surface area contributed by atoms with Crippen molar-refractivity contribution >= 4 is 23.2 Å². The number of nitrogens with one attached hydrogen (secondary N) is 2. The van der Waals surface area contributed by atoms with Crippen molar-refractivity contribution in [3.63, 3.8) is 0 Å². The number of carbonyl (C=O) groups excluding carboxylic acids is 2. The van der Waals surface area contributed by atoms with E-state index in [4.69, 9.17) is 5.73 Å². The molecule has 0 saturated carbocycles. The smallest absolute Gasteiger partial charge is 0.240 e. The predicted octanol–water partition coefficient (Wildman–Crippen LogP) is 1.57. The molecule has 98 valence electrons. The van der Waals surface area contributed by atoms with Gasteiger partial charge in [0.25, 0.3) is 0 Å². The van der Waals surface area contributed by atoms with Gasteiger partial charge in [0.05, 0.1) is 6.04 Å². The standard InChI is InChI=1S/C13H19N3O2/c1-8(2)12(17)15-10-4-6-11(7-5-10)16-13(18)9(3)14/h4-9H,14H2,1-3H3,(H,15,17)(H,16,18)/t9-/m1/s1. The van der Waals surface area contributed by atoms with Crippen LogP contribution in [0, 0.1) is 5.92 Å². The van der Waals surface area contributed by atoms with Gasteiger partial charge in [-0.2, -0.15) is 0 Å². The lowest BCUT2D eigenvalue weighted by Crippen LogP contribution is -2.32. The molecule has 0 saturated heterocycles. The normalized spacial score (nSPS) is 12.1. The number of nitrogens with two attached hydrogens (primary N) is 1. The molecule has 1 rings (SSSR count). The zero-order valence-electron chi connectivity index (χ0n) is 10.9. The first-order valence-electron chi connectivity index (χ1n) is 5.87. The summed E-state index contributed by atoms with van der Waals surface area (Å²) in [5.41, 5.74) is 6.80. The highest BCUT2D eigenvalue weighted by Crippen LogP contribution is 2.14. The summed E-state index contributed by atoms with van der Waals surface area (Å²) in [6, 6.07) is 6.35. The Morgan fingerprint density at radius 3 is 1.67 bits per heavy atom. The van der Waals surface area contributed by atoms with E-state index in [9.17, 15) is 9.59 Å². The van der Waals surface area contributed by atoms with Crippen LogP contribution in [0.3, 0.4) is 0 Å². The van der Waals surface area contributed by atoms with Crippen molar-refractivity contribution in [2.45, 2.75) is 26.8 Å². The highest BCUT2D eigenvalue weighted by Gasteiger charge is 2.08. The monoisotopic (exact) mass is 249 g/mol. The summed E-state index contributed by atoms with van der Waals surface area (Å²) in [5, 5.41) is 5.44. The molecule has 1 aromatic carbocycles. The van der Waals surface area contributed by atoms with Gasteiger partial charge in [-0.1, -0.05) is 13.8 Å². The Labute approximate surface area is 107 Å². The fourth-order valence-electron chi connectivity index (χ4n) is 1.18. The van der Waals surface area contributed by atoms with Crippen LogP contribution in [0.4, 0.5) is 11.4 Å². The van der Waals surface area contributed by atoms with E-state index in [1.807, 2.05) is 13.8 Å². The van der Waals surface area contributed by atoms with Crippen LogP contribution >= 0.6 is 0 Å². The minimum Gasteiger partial charge on any atom is -0.326 e. The molecular weight excluding hydrogens is 230 g/mol. The minimum atomic E-state index is -0.551. The van der Waals surface area contributed by atoms with Crippen LogP contribution in [0.2, 0.25) is 0 Å². The SMILES string of the molecule is CC(C)C(=O)Nc1ccc(NC(=O)[C@@H](C)N)cc1. The van der Waals surface area contributed by atoms with Gasteiger partial charge in [-0.25, -0.2) is 0 Å². The van der Waals surface area contributed by atoms with Crippen molar-refractivity contribution in [3.05, 3.63) is 24.3 Å². The summed E-state index contributed by atoms with van der Waals surface area (Å²) in [4.78, 5) is 22.8. The van der Waals surface area contributed by atoms with Gasteiger partial charge in [-0.15, -0.1) is 0 Å². The average molecular weight is 249 g/mol. The summed E-state index contributed by atoms with van der Waals surface area (Å²) in [6.07, 6.45) is 0. The van der Waals surface area contributed by atoms with Crippen molar-refractivity contribution in [1.82, 2.24) is 0 Å². The van der Waals surface area contributed by atoms with Crippen LogP contribution in [0.5, 0.6) is 0 Å². The molecule has 0 aliphatic heterocycles. The number of carbonyl (C=O) groups is 2. The van der Waals surface area contributed by atoms with E-state index in [1.54, 1.807) is 31.2 Å². The van der Waals surface area contributed by atoms with E-state index >= 15 is 0 Å². The second kappa shape index (κ2) is 6.16. The van der Waals surface area contributed by atoms with E-state index < -0.39 is 6.04 Å². The molecule has 4 N–H and O–H groups in total. The number of rotatable bonds is 4. The van der Waals surface area contributed by atoms with Crippen LogP contribution in [0.1, 0.15) is 20.8 Å². The topological polar surface area (TPSA) is 84.2 Å². The van der Waals surface area contributed by atoms with E-state index in [0.29, 0.717) is 11.4 Å². The van der Waals surface area contributed by atoms with Gasteiger partial charge in [-0.05, 0) is 31.2 Å². The van der Waals surface area contributed by atoms with E-state index in [-0.39, 0.29) is 17.7 Å². The number of hydrogen-bond acceptors (Lipinski definition) is 3. The quantitative estimate of drug-likeness (QED) is 0.757. The molecule has 0 aliphatic rings. The molecule has 0 heterocycles. The molecular formula is C13H19N3O2. The van der Waals surface area contributed by atoms with Gasteiger partial charge in [0.2, 0.25) is 11.8 Å². The van der Waals surface area contributed by atoms with Crippen LogP contribution < -0.4 is 16.4 Å². The summed E-state index contributed by atoms with van der Waals surface area (Å²) in [7, 11) is 0. The van der Waals surface area contributed by atoms with Crippen LogP contribution in [-0.4, -0.2) is 17.9 Å². The third-order valence-corrected chi connectivity index (χ3v) is 2.36. The maximum atomic E-state index is 11.5.